The Balaban J connectivity index is 1.51. The summed E-state index contributed by atoms with van der Waals surface area (Å²) in [5, 5.41) is 2.27. The van der Waals surface area contributed by atoms with Gasteiger partial charge in [0.05, 0.1) is 4.91 Å². The van der Waals surface area contributed by atoms with Crippen molar-refractivity contribution in [2.45, 2.75) is 13.8 Å². The largest absolute Gasteiger partial charge is 0.325 e. The van der Waals surface area contributed by atoms with Crippen molar-refractivity contribution in [2.75, 3.05) is 11.9 Å². The van der Waals surface area contributed by atoms with Crippen LogP contribution in [0.15, 0.2) is 65.6 Å². The Bertz CT molecular complexity index is 1230. The summed E-state index contributed by atoms with van der Waals surface area (Å²) in [7, 11) is 0. The molecule has 3 aromatic rings. The van der Waals surface area contributed by atoms with Crippen molar-refractivity contribution in [3.8, 4) is 5.69 Å². The lowest BCUT2D eigenvalue weighted by atomic mass is 10.2. The molecule has 0 atom stereocenters. The van der Waals surface area contributed by atoms with Crippen LogP contribution in [0.3, 0.4) is 0 Å². The Morgan fingerprint density at radius 3 is 2.44 bits per heavy atom. The van der Waals surface area contributed by atoms with Crippen LogP contribution in [0.1, 0.15) is 17.0 Å². The van der Waals surface area contributed by atoms with Crippen LogP contribution in [-0.4, -0.2) is 33.1 Å². The fourth-order valence-corrected chi connectivity index (χ4v) is 4.75. The van der Waals surface area contributed by atoms with E-state index in [4.69, 9.17) is 0 Å². The average Bonchev–Trinajstić information content (AvgIpc) is 3.19. The molecule has 4 rings (SSSR count). The monoisotopic (exact) mass is 557 g/mol. The summed E-state index contributed by atoms with van der Waals surface area (Å²) < 4.78 is 3.15. The van der Waals surface area contributed by atoms with Gasteiger partial charge in [0.25, 0.3) is 11.1 Å². The van der Waals surface area contributed by atoms with Gasteiger partial charge in [-0.1, -0.05) is 18.2 Å². The van der Waals surface area contributed by atoms with E-state index >= 15 is 0 Å². The van der Waals surface area contributed by atoms with Gasteiger partial charge in [0.15, 0.2) is 0 Å². The van der Waals surface area contributed by atoms with Crippen molar-refractivity contribution in [3.63, 3.8) is 0 Å². The minimum absolute atomic E-state index is 0.311. The summed E-state index contributed by atoms with van der Waals surface area (Å²) in [5.74, 6) is -0.876. The summed E-state index contributed by atoms with van der Waals surface area (Å²) in [6.45, 7) is 3.65. The number of nitrogens with one attached hydrogen (secondary N) is 1. The van der Waals surface area contributed by atoms with E-state index in [0.29, 0.717) is 10.6 Å². The summed E-state index contributed by atoms with van der Waals surface area (Å²) >= 11 is 3.03. The Labute approximate surface area is 203 Å². The van der Waals surface area contributed by atoms with Crippen LogP contribution >= 0.6 is 34.4 Å². The first-order valence-corrected chi connectivity index (χ1v) is 11.8. The van der Waals surface area contributed by atoms with Crippen LogP contribution in [0.2, 0.25) is 0 Å². The number of anilines is 1. The lowest BCUT2D eigenvalue weighted by Gasteiger charge is -2.12. The molecule has 0 bridgehead atoms. The normalized spacial score (nSPS) is 15.0. The molecule has 2 heterocycles. The van der Waals surface area contributed by atoms with E-state index in [-0.39, 0.29) is 6.54 Å². The lowest BCUT2D eigenvalue weighted by Crippen LogP contribution is -2.36. The third kappa shape index (κ3) is 4.66. The minimum atomic E-state index is -0.456. The molecule has 1 aliphatic rings. The number of nitrogens with zero attached hydrogens (tertiary/aromatic N) is 2. The second-order valence-electron chi connectivity index (χ2n) is 7.32. The maximum absolute atomic E-state index is 12.9. The molecule has 0 unspecified atom stereocenters. The fraction of sp³-hybridized carbons (Fsp3) is 0.125. The molecule has 8 heteroatoms. The van der Waals surface area contributed by atoms with Gasteiger partial charge in [0.2, 0.25) is 5.91 Å². The fourth-order valence-electron chi connectivity index (χ4n) is 3.56. The van der Waals surface area contributed by atoms with Gasteiger partial charge in [-0.3, -0.25) is 19.3 Å². The Hall–Kier alpha value is -2.85. The number of hydrogen-bond donors (Lipinski definition) is 1. The first kappa shape index (κ1) is 22.3. The van der Waals surface area contributed by atoms with Crippen molar-refractivity contribution in [2.24, 2.45) is 0 Å². The molecule has 0 radical (unpaired) electrons. The van der Waals surface area contributed by atoms with E-state index in [0.717, 1.165) is 42.9 Å². The van der Waals surface area contributed by atoms with E-state index in [1.165, 1.54) is 0 Å². The molecule has 0 saturated carbocycles. The number of rotatable bonds is 5. The number of hydrogen-bond acceptors (Lipinski definition) is 4. The molecule has 1 aliphatic heterocycles. The van der Waals surface area contributed by atoms with Crippen LogP contribution in [0.4, 0.5) is 10.5 Å². The van der Waals surface area contributed by atoms with Gasteiger partial charge in [-0.05, 0) is 102 Å². The number of benzene rings is 2. The first-order valence-electron chi connectivity index (χ1n) is 9.88. The highest BCUT2D eigenvalue weighted by atomic mass is 127. The van der Waals surface area contributed by atoms with Crippen molar-refractivity contribution in [1.82, 2.24) is 9.47 Å². The van der Waals surface area contributed by atoms with Gasteiger partial charge in [0, 0.05) is 26.3 Å². The number of aryl methyl sites for hydroxylation is 1. The van der Waals surface area contributed by atoms with Crippen molar-refractivity contribution in [3.05, 3.63) is 86.1 Å². The number of carbonyl (C=O) groups excluding carboxylic acids is 3. The predicted octanol–water partition coefficient (Wildman–Crippen LogP) is 5.37. The molecular weight excluding hydrogens is 537 g/mol. The molecule has 0 spiro atoms. The zero-order valence-electron chi connectivity index (χ0n) is 17.5. The van der Waals surface area contributed by atoms with Crippen LogP contribution in [0, 0.1) is 17.4 Å². The number of thioether (sulfide) groups is 1. The van der Waals surface area contributed by atoms with Gasteiger partial charge in [-0.25, -0.2) is 0 Å². The van der Waals surface area contributed by atoms with Gasteiger partial charge in [0.1, 0.15) is 6.54 Å². The van der Waals surface area contributed by atoms with Crippen LogP contribution < -0.4 is 5.32 Å². The molecule has 162 valence electrons. The zero-order chi connectivity index (χ0) is 22.8. The second-order valence-corrected chi connectivity index (χ2v) is 9.56. The SMILES string of the molecule is Cc1cc(/C=C2/SC(=O)N(CC(=O)Nc3ccc(I)cc3)C2=O)c(C)n1-c1ccccc1. The highest BCUT2D eigenvalue weighted by Gasteiger charge is 2.36. The highest BCUT2D eigenvalue weighted by Crippen LogP contribution is 2.33. The van der Waals surface area contributed by atoms with Crippen LogP contribution in [-0.2, 0) is 9.59 Å². The van der Waals surface area contributed by atoms with E-state index in [2.05, 4.69) is 32.5 Å². The van der Waals surface area contributed by atoms with Gasteiger partial charge >= 0.3 is 0 Å². The van der Waals surface area contributed by atoms with Gasteiger partial charge < -0.3 is 9.88 Å². The Morgan fingerprint density at radius 1 is 1.06 bits per heavy atom. The van der Waals surface area contributed by atoms with E-state index < -0.39 is 17.1 Å². The molecule has 3 amide bonds. The molecular formula is C24H20IN3O3S. The molecule has 1 N–H and O–H groups in total. The smallest absolute Gasteiger partial charge is 0.294 e. The van der Waals surface area contributed by atoms with Crippen molar-refractivity contribution < 1.29 is 14.4 Å². The molecule has 1 fully saturated rings. The maximum Gasteiger partial charge on any atom is 0.294 e. The third-order valence-electron chi connectivity index (χ3n) is 5.07. The molecule has 6 nitrogen and oxygen atoms in total. The number of halogens is 1. The molecule has 32 heavy (non-hydrogen) atoms. The maximum atomic E-state index is 12.9. The van der Waals surface area contributed by atoms with E-state index in [1.54, 1.807) is 18.2 Å². The Morgan fingerprint density at radius 2 is 1.75 bits per heavy atom. The Kier molecular flexibility index (Phi) is 6.52. The van der Waals surface area contributed by atoms with Crippen molar-refractivity contribution >= 4 is 63.2 Å². The van der Waals surface area contributed by atoms with Crippen LogP contribution in [0.25, 0.3) is 11.8 Å². The highest BCUT2D eigenvalue weighted by molar-refractivity contribution is 14.1. The summed E-state index contributed by atoms with van der Waals surface area (Å²) in [6.07, 6.45) is 1.73. The van der Waals surface area contributed by atoms with Gasteiger partial charge in [-0.2, -0.15) is 0 Å². The molecule has 1 saturated heterocycles. The summed E-state index contributed by atoms with van der Waals surface area (Å²) in [4.78, 5) is 39.0. The topological polar surface area (TPSA) is 71.4 Å². The number of imide groups is 1. The number of aromatic nitrogens is 1. The number of carbonyl (C=O) groups is 3. The first-order chi connectivity index (χ1) is 15.3. The minimum Gasteiger partial charge on any atom is -0.325 e. The van der Waals surface area contributed by atoms with Crippen molar-refractivity contribution in [1.29, 1.82) is 0 Å². The predicted molar refractivity (Wildman–Crippen MR) is 136 cm³/mol. The average molecular weight is 557 g/mol. The number of para-hydroxylation sites is 1. The molecule has 0 aliphatic carbocycles. The number of amides is 3. The summed E-state index contributed by atoms with van der Waals surface area (Å²) in [6, 6.07) is 19.2. The molecule has 1 aromatic heterocycles. The quantitative estimate of drug-likeness (QED) is 0.338. The zero-order valence-corrected chi connectivity index (χ0v) is 20.4. The van der Waals surface area contributed by atoms with E-state index in [9.17, 15) is 14.4 Å². The van der Waals surface area contributed by atoms with Gasteiger partial charge in [-0.15, -0.1) is 0 Å². The summed E-state index contributed by atoms with van der Waals surface area (Å²) in [5.41, 5.74) is 4.50. The standard InChI is InChI=1S/C24H20IN3O3S/c1-15-12-17(16(2)28(15)20-6-4-3-5-7-20)13-21-23(30)27(24(31)32-21)14-22(29)26-19-10-8-18(25)9-11-19/h3-13H,14H2,1-2H3,(H,26,29)/b21-13+. The molecule has 2 aromatic carbocycles. The van der Waals surface area contributed by atoms with Crippen LogP contribution in [0.5, 0.6) is 0 Å². The third-order valence-corrected chi connectivity index (χ3v) is 6.70. The lowest BCUT2D eigenvalue weighted by molar-refractivity contribution is -0.127. The van der Waals surface area contributed by atoms with E-state index in [1.807, 2.05) is 62.4 Å². The second kappa shape index (κ2) is 9.33.